The van der Waals surface area contributed by atoms with Gasteiger partial charge in [0.15, 0.2) is 0 Å². The molecular formula is C15H15N3O2. The molecule has 1 aromatic carbocycles. The molecule has 0 aliphatic carbocycles. The van der Waals surface area contributed by atoms with Gasteiger partial charge in [0.1, 0.15) is 5.76 Å². The molecule has 0 saturated heterocycles. The number of nitrogen functional groups attached to an aromatic ring is 1. The number of benzene rings is 1. The van der Waals surface area contributed by atoms with E-state index in [9.17, 15) is 4.79 Å². The largest absolute Gasteiger partial charge is 0.469 e. The molecule has 0 aliphatic rings. The zero-order chi connectivity index (χ0) is 13.9. The van der Waals surface area contributed by atoms with Gasteiger partial charge < -0.3 is 20.5 Å². The van der Waals surface area contributed by atoms with E-state index in [-0.39, 0.29) is 5.91 Å². The molecule has 20 heavy (non-hydrogen) atoms. The number of nitrogens with two attached hydrogens (primary N) is 1. The summed E-state index contributed by atoms with van der Waals surface area (Å²) in [6.45, 7) is 0.536. The summed E-state index contributed by atoms with van der Waals surface area (Å²) in [6, 6.07) is 9.18. The fraction of sp³-hybridized carbons (Fsp3) is 0.133. The quantitative estimate of drug-likeness (QED) is 0.635. The van der Waals surface area contributed by atoms with E-state index in [4.69, 9.17) is 10.2 Å². The van der Waals surface area contributed by atoms with E-state index in [2.05, 4.69) is 10.3 Å². The number of amides is 1. The molecule has 5 heteroatoms. The van der Waals surface area contributed by atoms with Crippen LogP contribution in [-0.2, 0) is 6.42 Å². The third kappa shape index (κ3) is 2.38. The molecule has 0 atom stereocenters. The van der Waals surface area contributed by atoms with Crippen LogP contribution in [0.2, 0.25) is 0 Å². The fourth-order valence-corrected chi connectivity index (χ4v) is 2.18. The van der Waals surface area contributed by atoms with Crippen molar-refractivity contribution in [1.82, 2.24) is 10.3 Å². The Morgan fingerprint density at radius 3 is 3.05 bits per heavy atom. The van der Waals surface area contributed by atoms with Gasteiger partial charge in [0.2, 0.25) is 0 Å². The van der Waals surface area contributed by atoms with E-state index >= 15 is 0 Å². The number of aromatic amines is 1. The maximum Gasteiger partial charge on any atom is 0.253 e. The van der Waals surface area contributed by atoms with Crippen molar-refractivity contribution in [3.05, 3.63) is 54.1 Å². The van der Waals surface area contributed by atoms with Crippen LogP contribution in [0.25, 0.3) is 10.9 Å². The van der Waals surface area contributed by atoms with Crippen LogP contribution in [0.15, 0.2) is 47.2 Å². The summed E-state index contributed by atoms with van der Waals surface area (Å²) in [5.41, 5.74) is 7.87. The lowest BCUT2D eigenvalue weighted by Crippen LogP contribution is -2.25. The highest BCUT2D eigenvalue weighted by Crippen LogP contribution is 2.20. The lowest BCUT2D eigenvalue weighted by atomic mass is 10.1. The normalized spacial score (nSPS) is 10.8. The average Bonchev–Trinajstić information content (AvgIpc) is 3.07. The minimum Gasteiger partial charge on any atom is -0.469 e. The smallest absolute Gasteiger partial charge is 0.253 e. The average molecular weight is 269 g/mol. The number of furan rings is 1. The van der Waals surface area contributed by atoms with Crippen LogP contribution in [0.3, 0.4) is 0 Å². The molecule has 0 unspecified atom stereocenters. The molecule has 2 aromatic heterocycles. The van der Waals surface area contributed by atoms with Crippen molar-refractivity contribution < 1.29 is 9.21 Å². The van der Waals surface area contributed by atoms with Gasteiger partial charge in [0.05, 0.1) is 11.8 Å². The lowest BCUT2D eigenvalue weighted by Gasteiger charge is -2.03. The van der Waals surface area contributed by atoms with Crippen LogP contribution >= 0.6 is 0 Å². The third-order valence-corrected chi connectivity index (χ3v) is 3.19. The number of rotatable bonds is 4. The highest BCUT2D eigenvalue weighted by atomic mass is 16.3. The highest BCUT2D eigenvalue weighted by molar-refractivity contribution is 6.07. The van der Waals surface area contributed by atoms with Gasteiger partial charge in [-0.15, -0.1) is 0 Å². The first-order valence-corrected chi connectivity index (χ1v) is 6.41. The van der Waals surface area contributed by atoms with E-state index in [1.54, 1.807) is 18.5 Å². The van der Waals surface area contributed by atoms with Crippen molar-refractivity contribution in [2.75, 3.05) is 12.3 Å². The second-order valence-electron chi connectivity index (χ2n) is 4.59. The topological polar surface area (TPSA) is 84.1 Å². The predicted molar refractivity (Wildman–Crippen MR) is 77.5 cm³/mol. The van der Waals surface area contributed by atoms with Crippen LogP contribution < -0.4 is 11.1 Å². The monoisotopic (exact) mass is 269 g/mol. The number of aromatic nitrogens is 1. The number of carbonyl (C=O) groups is 1. The van der Waals surface area contributed by atoms with Crippen LogP contribution in [0.4, 0.5) is 5.69 Å². The van der Waals surface area contributed by atoms with Crippen LogP contribution in [0.1, 0.15) is 16.1 Å². The van der Waals surface area contributed by atoms with Crippen LogP contribution in [0.5, 0.6) is 0 Å². The van der Waals surface area contributed by atoms with Crippen molar-refractivity contribution in [3.8, 4) is 0 Å². The summed E-state index contributed by atoms with van der Waals surface area (Å²) < 4.78 is 5.22. The SMILES string of the molecule is Nc1ccc2c(C(=O)NCCc3ccco3)c[nH]c2c1. The Morgan fingerprint density at radius 2 is 2.25 bits per heavy atom. The van der Waals surface area contributed by atoms with Crippen molar-refractivity contribution in [2.24, 2.45) is 0 Å². The molecule has 0 bridgehead atoms. The van der Waals surface area contributed by atoms with Gasteiger partial charge in [-0.2, -0.15) is 0 Å². The maximum atomic E-state index is 12.1. The summed E-state index contributed by atoms with van der Waals surface area (Å²) in [7, 11) is 0. The van der Waals surface area contributed by atoms with Crippen LogP contribution in [-0.4, -0.2) is 17.4 Å². The fourth-order valence-electron chi connectivity index (χ4n) is 2.18. The summed E-state index contributed by atoms with van der Waals surface area (Å²) in [6.07, 6.45) is 4.00. The van der Waals surface area contributed by atoms with Gasteiger partial charge in [-0.3, -0.25) is 4.79 Å². The Hall–Kier alpha value is -2.69. The van der Waals surface area contributed by atoms with E-state index in [0.717, 1.165) is 16.7 Å². The summed E-state index contributed by atoms with van der Waals surface area (Å²) in [5, 5.41) is 3.75. The number of nitrogens with one attached hydrogen (secondary N) is 2. The van der Waals surface area contributed by atoms with Gasteiger partial charge in [0.25, 0.3) is 5.91 Å². The molecule has 0 aliphatic heterocycles. The second kappa shape index (κ2) is 5.13. The number of anilines is 1. The number of hydrogen-bond acceptors (Lipinski definition) is 3. The van der Waals surface area contributed by atoms with Gasteiger partial charge in [-0.1, -0.05) is 0 Å². The van der Waals surface area contributed by atoms with E-state index in [1.807, 2.05) is 24.3 Å². The molecular weight excluding hydrogens is 254 g/mol. The lowest BCUT2D eigenvalue weighted by molar-refractivity contribution is 0.0955. The number of H-pyrrole nitrogens is 1. The van der Waals surface area contributed by atoms with E-state index in [0.29, 0.717) is 24.2 Å². The Kier molecular flexibility index (Phi) is 3.16. The van der Waals surface area contributed by atoms with E-state index in [1.165, 1.54) is 0 Å². The first-order valence-electron chi connectivity index (χ1n) is 6.41. The molecule has 3 aromatic rings. The third-order valence-electron chi connectivity index (χ3n) is 3.19. The molecule has 0 radical (unpaired) electrons. The second-order valence-corrected chi connectivity index (χ2v) is 4.59. The zero-order valence-electron chi connectivity index (χ0n) is 10.8. The van der Waals surface area contributed by atoms with Crippen molar-refractivity contribution >= 4 is 22.5 Å². The zero-order valence-corrected chi connectivity index (χ0v) is 10.8. The highest BCUT2D eigenvalue weighted by Gasteiger charge is 2.11. The van der Waals surface area contributed by atoms with Gasteiger partial charge in [0, 0.05) is 35.8 Å². The molecule has 0 fully saturated rings. The van der Waals surface area contributed by atoms with Crippen LogP contribution in [0, 0.1) is 0 Å². The van der Waals surface area contributed by atoms with Gasteiger partial charge >= 0.3 is 0 Å². The Labute approximate surface area is 115 Å². The molecule has 5 nitrogen and oxygen atoms in total. The molecule has 0 spiro atoms. The first kappa shape index (κ1) is 12.3. The number of carbonyl (C=O) groups excluding carboxylic acids is 1. The van der Waals surface area contributed by atoms with Crippen molar-refractivity contribution in [1.29, 1.82) is 0 Å². The Bertz CT molecular complexity index is 729. The summed E-state index contributed by atoms with van der Waals surface area (Å²) in [4.78, 5) is 15.2. The predicted octanol–water partition coefficient (Wildman–Crippen LogP) is 2.32. The summed E-state index contributed by atoms with van der Waals surface area (Å²) in [5.74, 6) is 0.754. The maximum absolute atomic E-state index is 12.1. The Balaban J connectivity index is 1.69. The molecule has 0 saturated carbocycles. The molecule has 2 heterocycles. The molecule has 1 amide bonds. The van der Waals surface area contributed by atoms with Crippen molar-refractivity contribution in [3.63, 3.8) is 0 Å². The summed E-state index contributed by atoms with van der Waals surface area (Å²) >= 11 is 0. The number of hydrogen-bond donors (Lipinski definition) is 3. The Morgan fingerprint density at radius 1 is 1.35 bits per heavy atom. The standard InChI is InChI=1S/C15H15N3O2/c16-10-3-4-12-13(9-18-14(12)8-10)15(19)17-6-5-11-2-1-7-20-11/h1-4,7-9,18H,5-6,16H2,(H,17,19). The molecule has 102 valence electrons. The van der Waals surface area contributed by atoms with Gasteiger partial charge in [-0.25, -0.2) is 0 Å². The minimum absolute atomic E-state index is 0.104. The minimum atomic E-state index is -0.104. The number of fused-ring (bicyclic) bond motifs is 1. The van der Waals surface area contributed by atoms with Crippen molar-refractivity contribution in [2.45, 2.75) is 6.42 Å². The van der Waals surface area contributed by atoms with E-state index < -0.39 is 0 Å². The molecule has 3 rings (SSSR count). The van der Waals surface area contributed by atoms with Gasteiger partial charge in [-0.05, 0) is 30.3 Å². The molecule has 4 N–H and O–H groups in total. The first-order chi connectivity index (χ1) is 9.74.